The molecule has 0 unspecified atom stereocenters. The van der Waals surface area contributed by atoms with Gasteiger partial charge in [0.1, 0.15) is 12.4 Å². The first-order valence-electron chi connectivity index (χ1n) is 8.12. The van der Waals surface area contributed by atoms with Gasteiger partial charge in [-0.15, -0.1) is 0 Å². The van der Waals surface area contributed by atoms with Gasteiger partial charge in [0.25, 0.3) is 0 Å². The van der Waals surface area contributed by atoms with Crippen LogP contribution in [0.5, 0.6) is 5.75 Å². The maximum Gasteiger partial charge on any atom is 0.124 e. The Morgan fingerprint density at radius 1 is 0.720 bits per heavy atom. The Bertz CT molecular complexity index is 801. The molecule has 0 saturated heterocycles. The van der Waals surface area contributed by atoms with Gasteiger partial charge >= 0.3 is 0 Å². The molecule has 0 aliphatic carbocycles. The second-order valence-electron chi connectivity index (χ2n) is 5.69. The molecular formula is C21H19Cl2NO. The third kappa shape index (κ3) is 4.99. The summed E-state index contributed by atoms with van der Waals surface area (Å²) < 4.78 is 5.98. The summed E-state index contributed by atoms with van der Waals surface area (Å²) in [5, 5.41) is 4.68. The Balaban J connectivity index is 1.63. The predicted molar refractivity (Wildman–Crippen MR) is 104 cm³/mol. The molecule has 128 valence electrons. The fourth-order valence-corrected chi connectivity index (χ4v) is 3.05. The average molecular weight is 372 g/mol. The highest BCUT2D eigenvalue weighted by molar-refractivity contribution is 6.35. The van der Waals surface area contributed by atoms with E-state index in [1.165, 1.54) is 5.56 Å². The first-order chi connectivity index (χ1) is 12.2. The molecule has 0 aromatic heterocycles. The normalized spacial score (nSPS) is 10.6. The quantitative estimate of drug-likeness (QED) is 0.561. The van der Waals surface area contributed by atoms with Crippen LogP contribution in [-0.2, 0) is 19.7 Å². The highest BCUT2D eigenvalue weighted by Gasteiger charge is 2.08. The van der Waals surface area contributed by atoms with Gasteiger partial charge in [-0.1, -0.05) is 77.8 Å². The van der Waals surface area contributed by atoms with Gasteiger partial charge in [0.2, 0.25) is 0 Å². The highest BCUT2D eigenvalue weighted by Crippen LogP contribution is 2.27. The molecule has 0 aliphatic heterocycles. The lowest BCUT2D eigenvalue weighted by molar-refractivity contribution is 0.302. The minimum Gasteiger partial charge on any atom is -0.488 e. The molecule has 1 N–H and O–H groups in total. The third-order valence-corrected chi connectivity index (χ3v) is 4.60. The molecule has 4 heteroatoms. The number of hydrogen-bond acceptors (Lipinski definition) is 2. The third-order valence-electron chi connectivity index (χ3n) is 3.89. The van der Waals surface area contributed by atoms with Gasteiger partial charge in [-0.3, -0.25) is 0 Å². The summed E-state index contributed by atoms with van der Waals surface area (Å²) >= 11 is 12.4. The minimum absolute atomic E-state index is 0.341. The van der Waals surface area contributed by atoms with Crippen molar-refractivity contribution in [2.24, 2.45) is 0 Å². The Morgan fingerprint density at radius 3 is 2.16 bits per heavy atom. The second-order valence-corrected chi connectivity index (χ2v) is 6.50. The van der Waals surface area contributed by atoms with Crippen LogP contribution in [0.15, 0.2) is 72.8 Å². The van der Waals surface area contributed by atoms with Crippen molar-refractivity contribution >= 4 is 23.2 Å². The van der Waals surface area contributed by atoms with Crippen molar-refractivity contribution in [2.45, 2.75) is 19.7 Å². The van der Waals surface area contributed by atoms with Crippen LogP contribution in [0.25, 0.3) is 0 Å². The van der Waals surface area contributed by atoms with E-state index < -0.39 is 0 Å². The number of ether oxygens (including phenoxy) is 1. The van der Waals surface area contributed by atoms with Crippen molar-refractivity contribution in [3.8, 4) is 5.75 Å². The van der Waals surface area contributed by atoms with Crippen molar-refractivity contribution < 1.29 is 4.74 Å². The number of rotatable bonds is 7. The zero-order chi connectivity index (χ0) is 17.5. The van der Waals surface area contributed by atoms with Crippen LogP contribution in [-0.4, -0.2) is 0 Å². The molecule has 0 bridgehead atoms. The summed E-state index contributed by atoms with van der Waals surface area (Å²) in [4.78, 5) is 0. The number of para-hydroxylation sites is 1. The van der Waals surface area contributed by atoms with E-state index in [-0.39, 0.29) is 0 Å². The van der Waals surface area contributed by atoms with E-state index in [1.54, 1.807) is 0 Å². The van der Waals surface area contributed by atoms with Crippen LogP contribution < -0.4 is 10.1 Å². The number of hydrogen-bond donors (Lipinski definition) is 1. The Kier molecular flexibility index (Phi) is 6.35. The largest absolute Gasteiger partial charge is 0.488 e. The maximum absolute atomic E-state index is 6.21. The monoisotopic (exact) mass is 371 g/mol. The zero-order valence-corrected chi connectivity index (χ0v) is 15.2. The van der Waals surface area contributed by atoms with E-state index in [0.717, 1.165) is 30.0 Å². The first kappa shape index (κ1) is 17.8. The molecule has 0 heterocycles. The Hall–Kier alpha value is -2.00. The van der Waals surface area contributed by atoms with Gasteiger partial charge in [-0.2, -0.15) is 0 Å². The smallest absolute Gasteiger partial charge is 0.124 e. The molecule has 3 aromatic rings. The van der Waals surface area contributed by atoms with Gasteiger partial charge in [0.15, 0.2) is 0 Å². The molecule has 0 atom stereocenters. The van der Waals surface area contributed by atoms with Crippen molar-refractivity contribution in [3.05, 3.63) is 99.5 Å². The summed E-state index contributed by atoms with van der Waals surface area (Å²) in [5.74, 6) is 0.832. The molecule has 3 rings (SSSR count). The van der Waals surface area contributed by atoms with E-state index in [0.29, 0.717) is 16.7 Å². The maximum atomic E-state index is 6.21. The molecule has 3 aromatic carbocycles. The fourth-order valence-electron chi connectivity index (χ4n) is 2.55. The molecule has 2 nitrogen and oxygen atoms in total. The molecule has 0 aliphatic rings. The molecular weight excluding hydrogens is 353 g/mol. The molecule has 25 heavy (non-hydrogen) atoms. The number of halogens is 2. The summed E-state index contributed by atoms with van der Waals surface area (Å²) in [6.07, 6.45) is 0. The standard InChI is InChI=1S/C21H19Cl2NO/c22-19-10-6-11-20(23)18(19)15-25-21-12-5-4-9-17(21)14-24-13-16-7-2-1-3-8-16/h1-12,24H,13-15H2. The SMILES string of the molecule is Clc1cccc(Cl)c1COc1ccccc1CNCc1ccccc1. The van der Waals surface area contributed by atoms with Crippen LogP contribution in [0.4, 0.5) is 0 Å². The van der Waals surface area contributed by atoms with Crippen molar-refractivity contribution in [1.29, 1.82) is 0 Å². The lowest BCUT2D eigenvalue weighted by Gasteiger charge is -2.14. The van der Waals surface area contributed by atoms with Crippen molar-refractivity contribution in [2.75, 3.05) is 0 Å². The fraction of sp³-hybridized carbons (Fsp3) is 0.143. The van der Waals surface area contributed by atoms with Crippen LogP contribution >= 0.6 is 23.2 Å². The Labute approximate surface area is 158 Å². The lowest BCUT2D eigenvalue weighted by Crippen LogP contribution is -2.13. The van der Waals surface area contributed by atoms with Crippen LogP contribution in [0.1, 0.15) is 16.7 Å². The minimum atomic E-state index is 0.341. The highest BCUT2D eigenvalue weighted by atomic mass is 35.5. The second kappa shape index (κ2) is 8.91. The summed E-state index contributed by atoms with van der Waals surface area (Å²) in [7, 11) is 0. The van der Waals surface area contributed by atoms with E-state index in [9.17, 15) is 0 Å². The van der Waals surface area contributed by atoms with E-state index in [4.69, 9.17) is 27.9 Å². The zero-order valence-electron chi connectivity index (χ0n) is 13.7. The van der Waals surface area contributed by atoms with Gasteiger partial charge < -0.3 is 10.1 Å². The summed E-state index contributed by atoms with van der Waals surface area (Å²) in [5.41, 5.74) is 3.16. The van der Waals surface area contributed by atoms with Gasteiger partial charge in [-0.05, 0) is 23.8 Å². The van der Waals surface area contributed by atoms with E-state index in [1.807, 2.05) is 54.6 Å². The predicted octanol–water partition coefficient (Wildman–Crippen LogP) is 5.86. The number of nitrogens with one attached hydrogen (secondary N) is 1. The van der Waals surface area contributed by atoms with Crippen LogP contribution in [0.3, 0.4) is 0 Å². The first-order valence-corrected chi connectivity index (χ1v) is 8.88. The average Bonchev–Trinajstić information content (AvgIpc) is 2.63. The number of benzene rings is 3. The van der Waals surface area contributed by atoms with Crippen molar-refractivity contribution in [1.82, 2.24) is 5.32 Å². The summed E-state index contributed by atoms with van der Waals surface area (Å²) in [6, 6.07) is 23.8. The van der Waals surface area contributed by atoms with Gasteiger partial charge in [0.05, 0.1) is 0 Å². The van der Waals surface area contributed by atoms with E-state index >= 15 is 0 Å². The Morgan fingerprint density at radius 2 is 1.40 bits per heavy atom. The van der Waals surface area contributed by atoms with Gasteiger partial charge in [0, 0.05) is 34.3 Å². The molecule has 0 saturated carbocycles. The molecule has 0 spiro atoms. The molecule has 0 amide bonds. The van der Waals surface area contributed by atoms with Crippen molar-refractivity contribution in [3.63, 3.8) is 0 Å². The summed E-state index contributed by atoms with van der Waals surface area (Å²) in [6.45, 7) is 1.88. The van der Waals surface area contributed by atoms with E-state index in [2.05, 4.69) is 23.5 Å². The lowest BCUT2D eigenvalue weighted by atomic mass is 10.2. The van der Waals surface area contributed by atoms with Gasteiger partial charge in [-0.25, -0.2) is 0 Å². The molecule has 0 fully saturated rings. The van der Waals surface area contributed by atoms with Crippen LogP contribution in [0.2, 0.25) is 10.0 Å². The molecule has 0 radical (unpaired) electrons. The van der Waals surface area contributed by atoms with Crippen LogP contribution in [0, 0.1) is 0 Å². The topological polar surface area (TPSA) is 21.3 Å².